The van der Waals surface area contributed by atoms with Crippen molar-refractivity contribution in [1.82, 2.24) is 5.32 Å². The molecule has 0 spiro atoms. The summed E-state index contributed by atoms with van der Waals surface area (Å²) >= 11 is 0. The van der Waals surface area contributed by atoms with Gasteiger partial charge in [0, 0.05) is 0 Å². The Hall–Kier alpha value is -1.84. The van der Waals surface area contributed by atoms with Gasteiger partial charge in [-0.15, -0.1) is 0 Å². The maximum atomic E-state index is 11.6. The highest BCUT2D eigenvalue weighted by Crippen LogP contribution is 2.33. The highest BCUT2D eigenvalue weighted by atomic mass is 16.4. The van der Waals surface area contributed by atoms with E-state index in [1.807, 2.05) is 24.4 Å². The zero-order valence-electron chi connectivity index (χ0n) is 8.99. The van der Waals surface area contributed by atoms with Crippen molar-refractivity contribution in [3.8, 4) is 0 Å². The lowest BCUT2D eigenvalue weighted by Crippen LogP contribution is -2.32. The summed E-state index contributed by atoms with van der Waals surface area (Å²) in [6.45, 7) is 2.00. The van der Waals surface area contributed by atoms with Crippen molar-refractivity contribution in [1.29, 1.82) is 0 Å². The van der Waals surface area contributed by atoms with E-state index in [9.17, 15) is 9.59 Å². The van der Waals surface area contributed by atoms with E-state index >= 15 is 0 Å². The molecule has 2 amide bonds. The fourth-order valence-corrected chi connectivity index (χ4v) is 2.21. The molecule has 0 radical (unpaired) electrons. The van der Waals surface area contributed by atoms with E-state index in [1.54, 1.807) is 0 Å². The second kappa shape index (κ2) is 3.96. The minimum atomic E-state index is -1.29. The Morgan fingerprint density at radius 1 is 1.44 bits per heavy atom. The Balaban J connectivity index is 2.23. The maximum Gasteiger partial charge on any atom is 0.411 e. The Morgan fingerprint density at radius 3 is 2.88 bits per heavy atom. The van der Waals surface area contributed by atoms with E-state index < -0.39 is 12.0 Å². The van der Waals surface area contributed by atoms with Crippen molar-refractivity contribution in [3.05, 3.63) is 34.9 Å². The van der Waals surface area contributed by atoms with Gasteiger partial charge in [-0.1, -0.05) is 23.8 Å². The third-order valence-electron chi connectivity index (χ3n) is 2.92. The van der Waals surface area contributed by atoms with Crippen LogP contribution in [0.4, 0.5) is 4.79 Å². The van der Waals surface area contributed by atoms with Crippen molar-refractivity contribution in [2.24, 2.45) is 0 Å². The first-order valence-corrected chi connectivity index (χ1v) is 5.21. The summed E-state index contributed by atoms with van der Waals surface area (Å²) in [6.07, 6.45) is 0.248. The molecule has 1 aliphatic rings. The summed E-state index contributed by atoms with van der Waals surface area (Å²) in [5.74, 6) is -0.734. The Bertz CT molecular complexity index is 454. The fraction of sp³-hybridized carbons (Fsp3) is 0.333. The van der Waals surface area contributed by atoms with Crippen molar-refractivity contribution >= 4 is 12.0 Å². The molecule has 2 rings (SSSR count). The molecule has 0 aromatic heterocycles. The number of aryl methyl sites for hydroxylation is 2. The first-order valence-electron chi connectivity index (χ1n) is 5.21. The zero-order valence-corrected chi connectivity index (χ0v) is 8.99. The van der Waals surface area contributed by atoms with Gasteiger partial charge >= 0.3 is 6.09 Å². The number of hydrogen-bond acceptors (Lipinski definition) is 2. The third kappa shape index (κ3) is 1.91. The van der Waals surface area contributed by atoms with Gasteiger partial charge in [0.2, 0.25) is 5.91 Å². The Morgan fingerprint density at radius 2 is 2.19 bits per heavy atom. The number of nitrogens with one attached hydrogen (secondary N) is 1. The normalized spacial score (nSPS) is 17.9. The molecule has 0 saturated heterocycles. The predicted molar refractivity (Wildman–Crippen MR) is 58.4 cm³/mol. The van der Waals surface area contributed by atoms with Crippen LogP contribution in [-0.2, 0) is 11.2 Å². The van der Waals surface area contributed by atoms with E-state index in [1.165, 1.54) is 0 Å². The molecule has 84 valence electrons. The summed E-state index contributed by atoms with van der Waals surface area (Å²) in [6, 6.07) is 5.93. The molecule has 0 bridgehead atoms. The molecule has 0 fully saturated rings. The van der Waals surface area contributed by atoms with Crippen LogP contribution in [0.2, 0.25) is 0 Å². The molecular formula is C12H13NO3. The molecule has 0 aliphatic heterocycles. The molecule has 0 saturated carbocycles. The first kappa shape index (κ1) is 10.7. The van der Waals surface area contributed by atoms with Crippen LogP contribution in [0, 0.1) is 6.92 Å². The van der Waals surface area contributed by atoms with Gasteiger partial charge in [-0.25, -0.2) is 4.79 Å². The average molecular weight is 219 g/mol. The van der Waals surface area contributed by atoms with Gasteiger partial charge in [-0.05, 0) is 30.9 Å². The molecule has 1 aliphatic carbocycles. The SMILES string of the molecule is Cc1ccc2c(c1)CC[C@@H]2C(=O)NC(=O)O. The number of carbonyl (C=O) groups is 2. The third-order valence-corrected chi connectivity index (χ3v) is 2.92. The monoisotopic (exact) mass is 219 g/mol. The lowest BCUT2D eigenvalue weighted by atomic mass is 9.99. The number of amides is 2. The van der Waals surface area contributed by atoms with Crippen molar-refractivity contribution in [3.63, 3.8) is 0 Å². The largest absolute Gasteiger partial charge is 0.465 e. The fourth-order valence-electron chi connectivity index (χ4n) is 2.21. The molecule has 4 nitrogen and oxygen atoms in total. The number of carbonyl (C=O) groups excluding carboxylic acids is 1. The lowest BCUT2D eigenvalue weighted by Gasteiger charge is -2.09. The van der Waals surface area contributed by atoms with Gasteiger partial charge in [0.05, 0.1) is 5.92 Å². The molecule has 1 aromatic carbocycles. The van der Waals surface area contributed by atoms with Gasteiger partial charge in [-0.2, -0.15) is 0 Å². The smallest absolute Gasteiger partial charge is 0.411 e. The van der Waals surface area contributed by atoms with Gasteiger partial charge in [0.15, 0.2) is 0 Å². The van der Waals surface area contributed by atoms with Gasteiger partial charge in [0.1, 0.15) is 0 Å². The number of hydrogen-bond donors (Lipinski definition) is 2. The number of imide groups is 1. The molecule has 0 unspecified atom stereocenters. The van der Waals surface area contributed by atoms with E-state index in [4.69, 9.17) is 5.11 Å². The van der Waals surface area contributed by atoms with Crippen LogP contribution in [0.5, 0.6) is 0 Å². The molecular weight excluding hydrogens is 206 g/mol. The number of benzene rings is 1. The first-order chi connectivity index (χ1) is 7.58. The number of fused-ring (bicyclic) bond motifs is 1. The summed E-state index contributed by atoms with van der Waals surface area (Å²) in [7, 11) is 0. The van der Waals surface area contributed by atoms with Crippen LogP contribution in [0.1, 0.15) is 29.0 Å². The van der Waals surface area contributed by atoms with E-state index in [0.29, 0.717) is 6.42 Å². The summed E-state index contributed by atoms with van der Waals surface area (Å²) < 4.78 is 0. The van der Waals surface area contributed by atoms with Crippen molar-refractivity contribution < 1.29 is 14.7 Å². The second-order valence-electron chi connectivity index (χ2n) is 4.09. The van der Waals surface area contributed by atoms with Crippen LogP contribution in [0.25, 0.3) is 0 Å². The molecule has 16 heavy (non-hydrogen) atoms. The summed E-state index contributed by atoms with van der Waals surface area (Å²) in [5, 5.41) is 10.4. The van der Waals surface area contributed by atoms with Crippen LogP contribution in [-0.4, -0.2) is 17.1 Å². The second-order valence-corrected chi connectivity index (χ2v) is 4.09. The van der Waals surface area contributed by atoms with E-state index in [-0.39, 0.29) is 5.92 Å². The highest BCUT2D eigenvalue weighted by Gasteiger charge is 2.29. The quantitative estimate of drug-likeness (QED) is 0.757. The van der Waals surface area contributed by atoms with Crippen LogP contribution in [0.3, 0.4) is 0 Å². The Labute approximate surface area is 93.3 Å². The summed E-state index contributed by atoms with van der Waals surface area (Å²) in [4.78, 5) is 22.0. The molecule has 2 N–H and O–H groups in total. The average Bonchev–Trinajstić information content (AvgIpc) is 2.59. The van der Waals surface area contributed by atoms with Crippen molar-refractivity contribution in [2.75, 3.05) is 0 Å². The molecule has 1 atom stereocenters. The maximum absolute atomic E-state index is 11.6. The minimum absolute atomic E-state index is 0.313. The predicted octanol–water partition coefficient (Wildman–Crippen LogP) is 1.82. The van der Waals surface area contributed by atoms with Crippen LogP contribution in [0.15, 0.2) is 18.2 Å². The van der Waals surface area contributed by atoms with Crippen molar-refractivity contribution in [2.45, 2.75) is 25.7 Å². The number of rotatable bonds is 1. The zero-order chi connectivity index (χ0) is 11.7. The van der Waals surface area contributed by atoms with E-state index in [2.05, 4.69) is 6.07 Å². The lowest BCUT2D eigenvalue weighted by molar-refractivity contribution is -0.121. The van der Waals surface area contributed by atoms with Gasteiger partial charge in [0.25, 0.3) is 0 Å². The molecule has 0 heterocycles. The standard InChI is InChI=1S/C12H13NO3/c1-7-2-4-9-8(6-7)3-5-10(9)11(14)13-12(15)16/h2,4,6,10H,3,5H2,1H3,(H,13,14)(H,15,16)/t10-/m0/s1. The van der Waals surface area contributed by atoms with Crippen LogP contribution < -0.4 is 5.32 Å². The summed E-state index contributed by atoms with van der Waals surface area (Å²) in [5.41, 5.74) is 3.29. The van der Waals surface area contributed by atoms with E-state index in [0.717, 1.165) is 23.1 Å². The van der Waals surface area contributed by atoms with Gasteiger partial charge < -0.3 is 5.11 Å². The number of carboxylic acid groups (broad SMARTS) is 1. The van der Waals surface area contributed by atoms with Crippen LogP contribution >= 0.6 is 0 Å². The molecule has 4 heteroatoms. The topological polar surface area (TPSA) is 66.4 Å². The van der Waals surface area contributed by atoms with Gasteiger partial charge in [-0.3, -0.25) is 10.1 Å². The minimum Gasteiger partial charge on any atom is -0.465 e. The molecule has 1 aromatic rings. The highest BCUT2D eigenvalue weighted by molar-refractivity contribution is 5.95. The Kier molecular flexibility index (Phi) is 2.64.